The van der Waals surface area contributed by atoms with Gasteiger partial charge in [-0.1, -0.05) is 60.7 Å². The Morgan fingerprint density at radius 1 is 0.952 bits per heavy atom. The minimum Gasteiger partial charge on any atom is -0.341 e. The van der Waals surface area contributed by atoms with Gasteiger partial charge in [0.15, 0.2) is 5.96 Å². The lowest BCUT2D eigenvalue weighted by Crippen LogP contribution is -2.32. The molecule has 1 N–H and O–H groups in total. The Bertz CT molecular complexity index is 594. The average molecular weight is 279 g/mol. The van der Waals surface area contributed by atoms with Gasteiger partial charge in [-0.15, -0.1) is 0 Å². The van der Waals surface area contributed by atoms with E-state index in [9.17, 15) is 0 Å². The zero-order valence-corrected chi connectivity index (χ0v) is 12.4. The molecule has 0 radical (unpaired) electrons. The van der Waals surface area contributed by atoms with Gasteiger partial charge in [-0.25, -0.2) is 0 Å². The lowest BCUT2D eigenvalue weighted by Gasteiger charge is -2.20. The van der Waals surface area contributed by atoms with Crippen molar-refractivity contribution in [1.29, 1.82) is 5.41 Å². The molecular weight excluding hydrogens is 258 g/mol. The Hall–Kier alpha value is -2.29. The highest BCUT2D eigenvalue weighted by Gasteiger charge is 2.31. The number of benzene rings is 2. The number of rotatable bonds is 4. The smallest absolute Gasteiger partial charge is 0.194 e. The Morgan fingerprint density at radius 2 is 1.52 bits per heavy atom. The van der Waals surface area contributed by atoms with E-state index in [1.807, 2.05) is 19.2 Å². The Balaban J connectivity index is 1.67. The normalized spacial score (nSPS) is 18.3. The van der Waals surface area contributed by atoms with E-state index in [-0.39, 0.29) is 0 Å². The van der Waals surface area contributed by atoms with Crippen LogP contribution in [0.1, 0.15) is 11.1 Å². The molecule has 0 spiro atoms. The van der Waals surface area contributed by atoms with Crippen LogP contribution in [0.15, 0.2) is 60.7 Å². The van der Waals surface area contributed by atoms with Crippen molar-refractivity contribution in [2.45, 2.75) is 19.0 Å². The van der Waals surface area contributed by atoms with Crippen LogP contribution in [0.2, 0.25) is 0 Å². The summed E-state index contributed by atoms with van der Waals surface area (Å²) in [5, 5.41) is 8.31. The van der Waals surface area contributed by atoms with E-state index in [1.165, 1.54) is 11.1 Å². The van der Waals surface area contributed by atoms with Crippen molar-refractivity contribution in [2.75, 3.05) is 13.6 Å². The van der Waals surface area contributed by atoms with Gasteiger partial charge in [0.25, 0.3) is 0 Å². The summed E-state index contributed by atoms with van der Waals surface area (Å²) in [4.78, 5) is 4.25. The Kier molecular flexibility index (Phi) is 3.91. The third kappa shape index (κ3) is 3.07. The zero-order valence-electron chi connectivity index (χ0n) is 12.4. The summed E-state index contributed by atoms with van der Waals surface area (Å²) < 4.78 is 0. The van der Waals surface area contributed by atoms with Gasteiger partial charge >= 0.3 is 0 Å². The minimum absolute atomic E-state index is 0.378. The first-order valence-corrected chi connectivity index (χ1v) is 7.38. The molecule has 1 saturated heterocycles. The van der Waals surface area contributed by atoms with Crippen molar-refractivity contribution in [2.24, 2.45) is 0 Å². The number of guanidine groups is 1. The maximum Gasteiger partial charge on any atom is 0.194 e. The van der Waals surface area contributed by atoms with E-state index >= 15 is 0 Å². The lowest BCUT2D eigenvalue weighted by molar-refractivity contribution is 0.381. The van der Waals surface area contributed by atoms with Gasteiger partial charge in [-0.3, -0.25) is 5.41 Å². The molecule has 108 valence electrons. The van der Waals surface area contributed by atoms with Gasteiger partial charge in [-0.05, 0) is 17.5 Å². The fourth-order valence-corrected chi connectivity index (χ4v) is 2.89. The molecule has 2 aromatic carbocycles. The van der Waals surface area contributed by atoms with Crippen molar-refractivity contribution in [3.8, 4) is 0 Å². The summed E-state index contributed by atoms with van der Waals surface area (Å²) in [5.41, 5.74) is 2.60. The highest BCUT2D eigenvalue weighted by molar-refractivity contribution is 5.79. The average Bonchev–Trinajstić information content (AvgIpc) is 2.78. The second kappa shape index (κ2) is 6.00. The first kappa shape index (κ1) is 13.7. The first-order valence-electron chi connectivity index (χ1n) is 7.38. The summed E-state index contributed by atoms with van der Waals surface area (Å²) in [6, 6.07) is 21.3. The molecule has 0 saturated carbocycles. The monoisotopic (exact) mass is 279 g/mol. The van der Waals surface area contributed by atoms with E-state index in [0.29, 0.717) is 12.0 Å². The van der Waals surface area contributed by atoms with Gasteiger partial charge in [0.05, 0.1) is 6.04 Å². The van der Waals surface area contributed by atoms with Crippen LogP contribution in [-0.2, 0) is 13.0 Å². The van der Waals surface area contributed by atoms with Crippen LogP contribution in [0.3, 0.4) is 0 Å². The standard InChI is InChI=1S/C18H21N3/c1-20-17(12-15-8-4-2-5-9-15)14-21(18(20)19)13-16-10-6-3-7-11-16/h2-11,17,19H,12-14H2,1H3. The van der Waals surface area contributed by atoms with Crippen LogP contribution in [0, 0.1) is 5.41 Å². The number of hydrogen-bond donors (Lipinski definition) is 1. The fourth-order valence-electron chi connectivity index (χ4n) is 2.89. The summed E-state index contributed by atoms with van der Waals surface area (Å²) in [5.74, 6) is 0.625. The highest BCUT2D eigenvalue weighted by Crippen LogP contribution is 2.19. The van der Waals surface area contributed by atoms with Crippen LogP contribution in [0.5, 0.6) is 0 Å². The third-order valence-electron chi connectivity index (χ3n) is 4.14. The van der Waals surface area contributed by atoms with Crippen molar-refractivity contribution in [1.82, 2.24) is 9.80 Å². The van der Waals surface area contributed by atoms with Crippen molar-refractivity contribution < 1.29 is 0 Å². The van der Waals surface area contributed by atoms with Crippen LogP contribution < -0.4 is 0 Å². The van der Waals surface area contributed by atoms with E-state index < -0.39 is 0 Å². The number of likely N-dealkylation sites (N-methyl/N-ethyl adjacent to an activating group) is 1. The minimum atomic E-state index is 0.378. The number of nitrogens with one attached hydrogen (secondary N) is 1. The predicted octanol–water partition coefficient (Wildman–Crippen LogP) is 2.98. The third-order valence-corrected chi connectivity index (χ3v) is 4.14. The zero-order chi connectivity index (χ0) is 14.7. The molecule has 3 nitrogen and oxygen atoms in total. The Labute approximate surface area is 126 Å². The second-order valence-electron chi connectivity index (χ2n) is 5.64. The molecule has 1 heterocycles. The molecular formula is C18H21N3. The molecule has 1 fully saturated rings. The number of hydrogen-bond acceptors (Lipinski definition) is 1. The largest absolute Gasteiger partial charge is 0.341 e. The fraction of sp³-hybridized carbons (Fsp3) is 0.278. The molecule has 0 bridgehead atoms. The quantitative estimate of drug-likeness (QED) is 0.932. The summed E-state index contributed by atoms with van der Waals surface area (Å²) in [6.07, 6.45) is 0.991. The molecule has 1 unspecified atom stereocenters. The molecule has 1 aliphatic heterocycles. The van der Waals surface area contributed by atoms with Crippen molar-refractivity contribution in [3.05, 3.63) is 71.8 Å². The molecule has 2 aromatic rings. The SMILES string of the molecule is CN1C(=N)N(Cc2ccccc2)CC1Cc1ccccc1. The van der Waals surface area contributed by atoms with Gasteiger partial charge in [0.2, 0.25) is 0 Å². The topological polar surface area (TPSA) is 30.3 Å². The molecule has 21 heavy (non-hydrogen) atoms. The number of nitrogens with zero attached hydrogens (tertiary/aromatic N) is 2. The van der Waals surface area contributed by atoms with E-state index in [0.717, 1.165) is 19.5 Å². The van der Waals surface area contributed by atoms with Gasteiger partial charge in [0, 0.05) is 20.1 Å². The Morgan fingerprint density at radius 3 is 2.14 bits per heavy atom. The van der Waals surface area contributed by atoms with Crippen LogP contribution in [-0.4, -0.2) is 35.4 Å². The first-order chi connectivity index (χ1) is 10.2. The summed E-state index contributed by atoms with van der Waals surface area (Å²) in [7, 11) is 2.03. The van der Waals surface area contributed by atoms with Crippen LogP contribution in [0.4, 0.5) is 0 Å². The highest BCUT2D eigenvalue weighted by atomic mass is 15.4. The molecule has 3 rings (SSSR count). The molecule has 0 aliphatic carbocycles. The van der Waals surface area contributed by atoms with Crippen molar-refractivity contribution >= 4 is 5.96 Å². The van der Waals surface area contributed by atoms with Crippen molar-refractivity contribution in [3.63, 3.8) is 0 Å². The molecule has 1 atom stereocenters. The van der Waals surface area contributed by atoms with Gasteiger partial charge in [0.1, 0.15) is 0 Å². The van der Waals surface area contributed by atoms with E-state index in [1.54, 1.807) is 0 Å². The van der Waals surface area contributed by atoms with Crippen LogP contribution in [0.25, 0.3) is 0 Å². The van der Waals surface area contributed by atoms with Gasteiger partial charge in [-0.2, -0.15) is 0 Å². The molecule has 0 aromatic heterocycles. The lowest BCUT2D eigenvalue weighted by atomic mass is 10.1. The molecule has 1 aliphatic rings. The summed E-state index contributed by atoms with van der Waals surface area (Å²) in [6.45, 7) is 1.73. The van der Waals surface area contributed by atoms with E-state index in [2.05, 4.69) is 58.3 Å². The predicted molar refractivity (Wildman–Crippen MR) is 86.3 cm³/mol. The molecule has 3 heteroatoms. The van der Waals surface area contributed by atoms with Gasteiger partial charge < -0.3 is 9.80 Å². The van der Waals surface area contributed by atoms with Crippen LogP contribution >= 0.6 is 0 Å². The summed E-state index contributed by atoms with van der Waals surface area (Å²) >= 11 is 0. The maximum absolute atomic E-state index is 8.31. The second-order valence-corrected chi connectivity index (χ2v) is 5.64. The maximum atomic E-state index is 8.31. The molecule has 0 amide bonds. The van der Waals surface area contributed by atoms with E-state index in [4.69, 9.17) is 5.41 Å².